The Bertz CT molecular complexity index is 697. The second-order valence-corrected chi connectivity index (χ2v) is 15.4. The lowest BCUT2D eigenvalue weighted by Crippen LogP contribution is -2.58. The SMILES string of the molecule is CCCCCC=CCC=CCCCCCCCCCC(OCCCCCCCC)OCCC(C)(C)CC(C)(C)N1CCC1C. The molecule has 2 unspecified atom stereocenters. The third-order valence-corrected chi connectivity index (χ3v) is 9.78. The van der Waals surface area contributed by atoms with Gasteiger partial charge < -0.3 is 9.47 Å². The zero-order valence-electron chi connectivity index (χ0n) is 31.1. The maximum absolute atomic E-state index is 6.44. The van der Waals surface area contributed by atoms with Gasteiger partial charge in [0.1, 0.15) is 0 Å². The van der Waals surface area contributed by atoms with Crippen molar-refractivity contribution in [3.8, 4) is 0 Å². The van der Waals surface area contributed by atoms with Crippen molar-refractivity contribution in [2.75, 3.05) is 19.8 Å². The predicted octanol–water partition coefficient (Wildman–Crippen LogP) is 13.0. The van der Waals surface area contributed by atoms with Gasteiger partial charge >= 0.3 is 0 Å². The molecule has 0 radical (unpaired) electrons. The Labute approximate surface area is 277 Å². The average Bonchev–Trinajstić information content (AvgIpc) is 2.96. The molecular formula is C41H79NO2. The lowest BCUT2D eigenvalue weighted by Gasteiger charge is -2.52. The summed E-state index contributed by atoms with van der Waals surface area (Å²) < 4.78 is 12.8. The number of hydrogen-bond acceptors (Lipinski definition) is 3. The summed E-state index contributed by atoms with van der Waals surface area (Å²) in [6.07, 6.45) is 38.9. The Morgan fingerprint density at radius 1 is 0.659 bits per heavy atom. The Hall–Kier alpha value is -0.640. The van der Waals surface area contributed by atoms with Crippen LogP contribution in [0.3, 0.4) is 0 Å². The van der Waals surface area contributed by atoms with E-state index in [1.54, 1.807) is 0 Å². The van der Waals surface area contributed by atoms with Crippen LogP contribution in [0.25, 0.3) is 0 Å². The van der Waals surface area contributed by atoms with Crippen LogP contribution in [0.15, 0.2) is 24.3 Å². The first kappa shape index (κ1) is 41.4. The van der Waals surface area contributed by atoms with Crippen molar-refractivity contribution in [3.63, 3.8) is 0 Å². The van der Waals surface area contributed by atoms with Gasteiger partial charge in [-0.05, 0) is 96.8 Å². The van der Waals surface area contributed by atoms with Gasteiger partial charge in [-0.25, -0.2) is 0 Å². The molecule has 0 spiro atoms. The Kier molecular flexibility index (Phi) is 24.9. The molecule has 1 aliphatic heterocycles. The van der Waals surface area contributed by atoms with Crippen LogP contribution >= 0.6 is 0 Å². The van der Waals surface area contributed by atoms with Crippen LogP contribution in [-0.2, 0) is 9.47 Å². The molecule has 0 N–H and O–H groups in total. The van der Waals surface area contributed by atoms with Gasteiger partial charge in [0.25, 0.3) is 0 Å². The summed E-state index contributed by atoms with van der Waals surface area (Å²) in [5.74, 6) is 0. The molecule has 44 heavy (non-hydrogen) atoms. The van der Waals surface area contributed by atoms with Crippen LogP contribution in [0.1, 0.15) is 196 Å². The van der Waals surface area contributed by atoms with E-state index in [0.717, 1.165) is 38.5 Å². The second-order valence-electron chi connectivity index (χ2n) is 15.4. The van der Waals surface area contributed by atoms with Gasteiger partial charge in [0.05, 0.1) is 6.61 Å². The van der Waals surface area contributed by atoms with Crippen LogP contribution in [0.2, 0.25) is 0 Å². The summed E-state index contributed by atoms with van der Waals surface area (Å²) in [7, 11) is 0. The normalized spacial score (nSPS) is 17.2. The highest BCUT2D eigenvalue weighted by Gasteiger charge is 2.39. The lowest BCUT2D eigenvalue weighted by atomic mass is 9.75. The van der Waals surface area contributed by atoms with E-state index < -0.39 is 0 Å². The molecular weight excluding hydrogens is 538 g/mol. The molecule has 0 saturated carbocycles. The smallest absolute Gasteiger partial charge is 0.157 e. The van der Waals surface area contributed by atoms with Gasteiger partial charge in [-0.15, -0.1) is 0 Å². The van der Waals surface area contributed by atoms with Gasteiger partial charge in [-0.3, -0.25) is 4.90 Å². The van der Waals surface area contributed by atoms with E-state index in [1.165, 1.54) is 135 Å². The van der Waals surface area contributed by atoms with Crippen molar-refractivity contribution in [2.24, 2.45) is 5.41 Å². The van der Waals surface area contributed by atoms with E-state index in [2.05, 4.69) is 77.7 Å². The summed E-state index contributed by atoms with van der Waals surface area (Å²) in [4.78, 5) is 2.69. The lowest BCUT2D eigenvalue weighted by molar-refractivity contribution is -0.152. The van der Waals surface area contributed by atoms with Crippen molar-refractivity contribution in [1.29, 1.82) is 0 Å². The zero-order chi connectivity index (χ0) is 32.4. The van der Waals surface area contributed by atoms with E-state index in [-0.39, 0.29) is 17.2 Å². The fraction of sp³-hybridized carbons (Fsp3) is 0.902. The highest BCUT2D eigenvalue weighted by Crippen LogP contribution is 2.38. The molecule has 0 aromatic heterocycles. The second kappa shape index (κ2) is 26.4. The van der Waals surface area contributed by atoms with E-state index in [1.807, 2.05) is 0 Å². The number of unbranched alkanes of at least 4 members (excludes halogenated alkanes) is 15. The van der Waals surface area contributed by atoms with Crippen molar-refractivity contribution < 1.29 is 9.47 Å². The number of hydrogen-bond donors (Lipinski definition) is 0. The van der Waals surface area contributed by atoms with Gasteiger partial charge in [-0.2, -0.15) is 0 Å². The Morgan fingerprint density at radius 3 is 1.77 bits per heavy atom. The summed E-state index contributed by atoms with van der Waals surface area (Å²) in [5, 5.41) is 0. The average molecular weight is 618 g/mol. The monoisotopic (exact) mass is 618 g/mol. The van der Waals surface area contributed by atoms with Crippen LogP contribution in [0.5, 0.6) is 0 Å². The van der Waals surface area contributed by atoms with Crippen molar-refractivity contribution in [1.82, 2.24) is 4.90 Å². The van der Waals surface area contributed by atoms with E-state index in [4.69, 9.17) is 9.47 Å². The highest BCUT2D eigenvalue weighted by molar-refractivity contribution is 4.95. The van der Waals surface area contributed by atoms with E-state index in [0.29, 0.717) is 0 Å². The minimum absolute atomic E-state index is 0.0252. The molecule has 0 amide bonds. The summed E-state index contributed by atoms with van der Waals surface area (Å²) in [6.45, 7) is 19.6. The van der Waals surface area contributed by atoms with Crippen molar-refractivity contribution >= 4 is 0 Å². The highest BCUT2D eigenvalue weighted by atomic mass is 16.7. The van der Waals surface area contributed by atoms with Gasteiger partial charge in [0, 0.05) is 24.7 Å². The van der Waals surface area contributed by atoms with Crippen molar-refractivity contribution in [2.45, 2.75) is 214 Å². The first-order valence-electron chi connectivity index (χ1n) is 19.5. The molecule has 1 aliphatic rings. The fourth-order valence-electron chi connectivity index (χ4n) is 7.03. The number of rotatable bonds is 31. The molecule has 0 aliphatic carbocycles. The Morgan fingerprint density at radius 2 is 1.18 bits per heavy atom. The number of ether oxygens (including phenoxy) is 2. The van der Waals surface area contributed by atoms with Crippen LogP contribution < -0.4 is 0 Å². The number of likely N-dealkylation sites (tertiary alicyclic amines) is 1. The zero-order valence-corrected chi connectivity index (χ0v) is 31.1. The van der Waals surface area contributed by atoms with E-state index in [9.17, 15) is 0 Å². The molecule has 2 atom stereocenters. The minimum atomic E-state index is -0.0252. The summed E-state index contributed by atoms with van der Waals surface area (Å²) >= 11 is 0. The molecule has 3 heteroatoms. The van der Waals surface area contributed by atoms with E-state index >= 15 is 0 Å². The standard InChI is InChI=1S/C41H79NO2/c1-8-10-12-14-16-17-18-19-20-21-22-23-24-25-26-27-29-31-39(43-35-30-28-15-13-11-9-2)44-36-33-40(4,5)37-41(6,7)42-34-32-38(42)3/h16-17,19-20,38-39H,8-15,18,21-37H2,1-7H3. The maximum atomic E-state index is 6.44. The number of allylic oxidation sites excluding steroid dienone is 4. The van der Waals surface area contributed by atoms with Gasteiger partial charge in [-0.1, -0.05) is 129 Å². The van der Waals surface area contributed by atoms with Crippen LogP contribution in [0, 0.1) is 5.41 Å². The summed E-state index contributed by atoms with van der Waals surface area (Å²) in [6, 6.07) is 0.733. The Balaban J connectivity index is 2.23. The molecule has 1 rings (SSSR count). The molecule has 1 saturated heterocycles. The van der Waals surface area contributed by atoms with Crippen LogP contribution in [-0.4, -0.2) is 42.5 Å². The molecule has 260 valence electrons. The van der Waals surface area contributed by atoms with Gasteiger partial charge in [0.2, 0.25) is 0 Å². The molecule has 0 aromatic carbocycles. The first-order valence-corrected chi connectivity index (χ1v) is 19.5. The molecule has 0 aromatic rings. The minimum Gasteiger partial charge on any atom is -0.353 e. The summed E-state index contributed by atoms with van der Waals surface area (Å²) in [5.41, 5.74) is 0.528. The molecule has 1 heterocycles. The predicted molar refractivity (Wildman–Crippen MR) is 196 cm³/mol. The molecule has 1 fully saturated rings. The topological polar surface area (TPSA) is 21.7 Å². The third-order valence-electron chi connectivity index (χ3n) is 9.78. The molecule has 3 nitrogen and oxygen atoms in total. The quantitative estimate of drug-likeness (QED) is 0.0439. The van der Waals surface area contributed by atoms with Crippen LogP contribution in [0.4, 0.5) is 0 Å². The fourth-order valence-corrected chi connectivity index (χ4v) is 7.03. The molecule has 0 bridgehead atoms. The number of nitrogens with zero attached hydrogens (tertiary/aromatic N) is 1. The van der Waals surface area contributed by atoms with Crippen molar-refractivity contribution in [3.05, 3.63) is 24.3 Å². The third kappa shape index (κ3) is 22.0. The van der Waals surface area contributed by atoms with Gasteiger partial charge in [0.15, 0.2) is 6.29 Å². The maximum Gasteiger partial charge on any atom is 0.157 e. The largest absolute Gasteiger partial charge is 0.353 e. The first-order chi connectivity index (χ1) is 21.2.